The molecule has 0 aromatic heterocycles. The maximum absolute atomic E-state index is 12.4. The van der Waals surface area contributed by atoms with E-state index in [9.17, 15) is 9.59 Å². The van der Waals surface area contributed by atoms with Gasteiger partial charge in [0.2, 0.25) is 0 Å². The Labute approximate surface area is 107 Å². The van der Waals surface area contributed by atoms with Crippen LogP contribution in [-0.4, -0.2) is 34.5 Å². The lowest BCUT2D eigenvalue weighted by molar-refractivity contribution is 0.0655. The Morgan fingerprint density at radius 3 is 2.22 bits per heavy atom. The summed E-state index contributed by atoms with van der Waals surface area (Å²) in [6, 6.07) is 6.44. The third-order valence-corrected chi connectivity index (χ3v) is 3.11. The van der Waals surface area contributed by atoms with Crippen molar-refractivity contribution >= 4 is 11.9 Å². The van der Waals surface area contributed by atoms with Gasteiger partial charge in [-0.05, 0) is 32.4 Å². The van der Waals surface area contributed by atoms with E-state index in [0.29, 0.717) is 6.54 Å². The average molecular weight is 249 g/mol. The molecule has 1 rings (SSSR count). The summed E-state index contributed by atoms with van der Waals surface area (Å²) in [5, 5.41) is 9.09. The third kappa shape index (κ3) is 2.88. The lowest BCUT2D eigenvalue weighted by atomic mass is 10.1. The van der Waals surface area contributed by atoms with Crippen molar-refractivity contribution in [2.24, 2.45) is 0 Å². The highest BCUT2D eigenvalue weighted by Gasteiger charge is 2.23. The lowest BCUT2D eigenvalue weighted by Crippen LogP contribution is -2.38. The number of carbonyl (C=O) groups excluding carboxylic acids is 1. The molecule has 0 radical (unpaired) electrons. The van der Waals surface area contributed by atoms with E-state index in [1.165, 1.54) is 6.07 Å². The molecule has 0 saturated carbocycles. The van der Waals surface area contributed by atoms with Gasteiger partial charge in [0, 0.05) is 12.6 Å². The molecule has 0 aliphatic rings. The third-order valence-electron chi connectivity index (χ3n) is 3.11. The molecular weight excluding hydrogens is 230 g/mol. The Hall–Kier alpha value is -1.84. The minimum atomic E-state index is -1.07. The zero-order valence-corrected chi connectivity index (χ0v) is 11.0. The van der Waals surface area contributed by atoms with Gasteiger partial charge >= 0.3 is 5.97 Å². The molecule has 0 fully saturated rings. The zero-order valence-electron chi connectivity index (χ0n) is 11.0. The topological polar surface area (TPSA) is 57.6 Å². The van der Waals surface area contributed by atoms with Gasteiger partial charge in [0.15, 0.2) is 0 Å². The second kappa shape index (κ2) is 6.19. The number of hydrogen-bond acceptors (Lipinski definition) is 2. The first-order valence-corrected chi connectivity index (χ1v) is 6.16. The van der Waals surface area contributed by atoms with Crippen LogP contribution in [0.2, 0.25) is 0 Å². The van der Waals surface area contributed by atoms with Gasteiger partial charge < -0.3 is 10.0 Å². The molecule has 1 amide bonds. The van der Waals surface area contributed by atoms with Crippen molar-refractivity contribution in [1.29, 1.82) is 0 Å². The molecule has 0 aliphatic heterocycles. The lowest BCUT2D eigenvalue weighted by Gasteiger charge is -2.27. The van der Waals surface area contributed by atoms with Crippen LogP contribution in [0.25, 0.3) is 0 Å². The molecule has 0 saturated heterocycles. The first-order chi connectivity index (χ1) is 8.52. The van der Waals surface area contributed by atoms with Gasteiger partial charge in [0.05, 0.1) is 11.1 Å². The predicted octanol–water partition coefficient (Wildman–Crippen LogP) is 2.65. The largest absolute Gasteiger partial charge is 0.478 e. The zero-order chi connectivity index (χ0) is 13.7. The quantitative estimate of drug-likeness (QED) is 0.872. The number of benzene rings is 1. The van der Waals surface area contributed by atoms with Crippen molar-refractivity contribution in [3.63, 3.8) is 0 Å². The summed E-state index contributed by atoms with van der Waals surface area (Å²) in [4.78, 5) is 25.2. The minimum Gasteiger partial charge on any atom is -0.478 e. The number of aromatic carboxylic acids is 1. The number of carbonyl (C=O) groups is 2. The highest BCUT2D eigenvalue weighted by Crippen LogP contribution is 2.15. The van der Waals surface area contributed by atoms with Crippen LogP contribution in [0.1, 0.15) is 47.9 Å². The molecular formula is C14H19NO3. The van der Waals surface area contributed by atoms with E-state index in [0.717, 1.165) is 6.42 Å². The minimum absolute atomic E-state index is 0.0595. The first kappa shape index (κ1) is 14.2. The Kier molecular flexibility index (Phi) is 4.89. The molecule has 1 aromatic carbocycles. The summed E-state index contributed by atoms with van der Waals surface area (Å²) in [6.07, 6.45) is 0.842. The fraction of sp³-hybridized carbons (Fsp3) is 0.429. The monoisotopic (exact) mass is 249 g/mol. The van der Waals surface area contributed by atoms with Crippen LogP contribution < -0.4 is 0 Å². The van der Waals surface area contributed by atoms with Crippen molar-refractivity contribution in [3.05, 3.63) is 35.4 Å². The van der Waals surface area contributed by atoms with E-state index in [1.54, 1.807) is 23.1 Å². The number of nitrogens with zero attached hydrogens (tertiary/aromatic N) is 1. The Balaban J connectivity index is 3.13. The van der Waals surface area contributed by atoms with Gasteiger partial charge in [-0.1, -0.05) is 19.1 Å². The van der Waals surface area contributed by atoms with Crippen molar-refractivity contribution in [3.8, 4) is 0 Å². The van der Waals surface area contributed by atoms with Crippen molar-refractivity contribution in [2.75, 3.05) is 6.54 Å². The van der Waals surface area contributed by atoms with Crippen molar-refractivity contribution < 1.29 is 14.7 Å². The molecule has 18 heavy (non-hydrogen) atoms. The van der Waals surface area contributed by atoms with Crippen LogP contribution in [0.4, 0.5) is 0 Å². The van der Waals surface area contributed by atoms with Crippen LogP contribution in [-0.2, 0) is 0 Å². The second-order valence-electron chi connectivity index (χ2n) is 4.20. The van der Waals surface area contributed by atoms with Gasteiger partial charge in [0.25, 0.3) is 5.91 Å². The predicted molar refractivity (Wildman–Crippen MR) is 69.9 cm³/mol. The van der Waals surface area contributed by atoms with Crippen molar-refractivity contribution in [2.45, 2.75) is 33.2 Å². The highest BCUT2D eigenvalue weighted by molar-refractivity contribution is 6.04. The molecule has 0 bridgehead atoms. The van der Waals surface area contributed by atoms with E-state index in [1.807, 2.05) is 20.8 Å². The normalized spacial score (nSPS) is 11.9. The molecule has 0 heterocycles. The summed E-state index contributed by atoms with van der Waals surface area (Å²) < 4.78 is 0. The van der Waals surface area contributed by atoms with E-state index in [-0.39, 0.29) is 23.1 Å². The summed E-state index contributed by atoms with van der Waals surface area (Å²) in [7, 11) is 0. The fourth-order valence-electron chi connectivity index (χ4n) is 1.89. The van der Waals surface area contributed by atoms with Gasteiger partial charge in [-0.2, -0.15) is 0 Å². The molecule has 0 spiro atoms. The number of hydrogen-bond donors (Lipinski definition) is 1. The van der Waals surface area contributed by atoms with Gasteiger partial charge in [-0.15, -0.1) is 0 Å². The second-order valence-corrected chi connectivity index (χ2v) is 4.20. The Morgan fingerprint density at radius 1 is 1.22 bits per heavy atom. The van der Waals surface area contributed by atoms with Gasteiger partial charge in [-0.25, -0.2) is 4.79 Å². The number of carboxylic acids is 1. The molecule has 1 unspecified atom stereocenters. The van der Waals surface area contributed by atoms with Crippen molar-refractivity contribution in [1.82, 2.24) is 4.90 Å². The fourth-order valence-corrected chi connectivity index (χ4v) is 1.89. The molecule has 98 valence electrons. The average Bonchev–Trinajstić information content (AvgIpc) is 2.39. The van der Waals surface area contributed by atoms with E-state index < -0.39 is 5.97 Å². The van der Waals surface area contributed by atoms with Crippen LogP contribution >= 0.6 is 0 Å². The van der Waals surface area contributed by atoms with E-state index in [2.05, 4.69) is 0 Å². The standard InChI is InChI=1S/C14H19NO3/c1-4-10(3)15(5-2)13(16)11-8-6-7-9-12(11)14(17)18/h6-10H,4-5H2,1-3H3,(H,17,18). The number of rotatable bonds is 5. The summed E-state index contributed by atoms with van der Waals surface area (Å²) in [5.74, 6) is -1.29. The smallest absolute Gasteiger partial charge is 0.336 e. The maximum atomic E-state index is 12.4. The van der Waals surface area contributed by atoms with Gasteiger partial charge in [0.1, 0.15) is 0 Å². The number of carboxylic acid groups (broad SMARTS) is 1. The summed E-state index contributed by atoms with van der Waals surface area (Å²) >= 11 is 0. The number of amides is 1. The SMILES string of the molecule is CCC(C)N(CC)C(=O)c1ccccc1C(=O)O. The van der Waals surface area contributed by atoms with Crippen LogP contribution in [0.5, 0.6) is 0 Å². The Bertz CT molecular complexity index is 442. The molecule has 4 heteroatoms. The molecule has 0 aliphatic carbocycles. The molecule has 1 atom stereocenters. The van der Waals surface area contributed by atoms with E-state index >= 15 is 0 Å². The van der Waals surface area contributed by atoms with Crippen LogP contribution in [0.15, 0.2) is 24.3 Å². The summed E-state index contributed by atoms with van der Waals surface area (Å²) in [5.41, 5.74) is 0.316. The highest BCUT2D eigenvalue weighted by atomic mass is 16.4. The summed E-state index contributed by atoms with van der Waals surface area (Å²) in [6.45, 7) is 6.43. The van der Waals surface area contributed by atoms with Crippen LogP contribution in [0.3, 0.4) is 0 Å². The van der Waals surface area contributed by atoms with E-state index in [4.69, 9.17) is 5.11 Å². The first-order valence-electron chi connectivity index (χ1n) is 6.16. The Morgan fingerprint density at radius 2 is 1.78 bits per heavy atom. The van der Waals surface area contributed by atoms with Crippen LogP contribution in [0, 0.1) is 0 Å². The molecule has 1 aromatic rings. The maximum Gasteiger partial charge on any atom is 0.336 e. The van der Waals surface area contributed by atoms with Gasteiger partial charge in [-0.3, -0.25) is 4.79 Å². The molecule has 4 nitrogen and oxygen atoms in total. The molecule has 1 N–H and O–H groups in total.